The molecule has 1 aromatic carbocycles. The Balaban J connectivity index is 1.89. The van der Waals surface area contributed by atoms with Crippen LogP contribution in [0.25, 0.3) is 11.5 Å². The minimum absolute atomic E-state index is 0.401. The molecule has 3 rings (SSSR count). The third kappa shape index (κ3) is 3.07. The predicted octanol–water partition coefficient (Wildman–Crippen LogP) is 4.41. The molecule has 21 heavy (non-hydrogen) atoms. The summed E-state index contributed by atoms with van der Waals surface area (Å²) in [5, 5.41) is 5.14. The SMILES string of the molecule is CC1CCC(N)(c2noc(-c3cc(Cl)cc(Cl)c3)n2)CC1. The fraction of sp³-hybridized carbons (Fsp3) is 0.467. The first-order chi connectivity index (χ1) is 9.96. The molecule has 0 radical (unpaired) electrons. The van der Waals surface area contributed by atoms with Crippen molar-refractivity contribution in [3.8, 4) is 11.5 Å². The molecule has 1 saturated carbocycles. The van der Waals surface area contributed by atoms with Gasteiger partial charge in [0.2, 0.25) is 0 Å². The minimum atomic E-state index is -0.489. The van der Waals surface area contributed by atoms with Crippen molar-refractivity contribution in [2.24, 2.45) is 11.7 Å². The lowest BCUT2D eigenvalue weighted by atomic mass is 9.77. The fourth-order valence-electron chi connectivity index (χ4n) is 2.72. The topological polar surface area (TPSA) is 64.9 Å². The molecule has 2 aromatic rings. The summed E-state index contributed by atoms with van der Waals surface area (Å²) >= 11 is 12.0. The van der Waals surface area contributed by atoms with E-state index in [-0.39, 0.29) is 0 Å². The van der Waals surface area contributed by atoms with Crippen molar-refractivity contribution in [1.29, 1.82) is 0 Å². The van der Waals surface area contributed by atoms with Crippen molar-refractivity contribution >= 4 is 23.2 Å². The van der Waals surface area contributed by atoms with Crippen molar-refractivity contribution in [2.75, 3.05) is 0 Å². The molecule has 4 nitrogen and oxygen atoms in total. The summed E-state index contributed by atoms with van der Waals surface area (Å²) < 4.78 is 5.35. The lowest BCUT2D eigenvalue weighted by Gasteiger charge is -2.33. The van der Waals surface area contributed by atoms with Crippen LogP contribution in [0.5, 0.6) is 0 Å². The van der Waals surface area contributed by atoms with Crippen molar-refractivity contribution < 1.29 is 4.52 Å². The number of rotatable bonds is 2. The molecule has 1 aliphatic rings. The number of hydrogen-bond acceptors (Lipinski definition) is 4. The summed E-state index contributed by atoms with van der Waals surface area (Å²) in [6, 6.07) is 5.16. The van der Waals surface area contributed by atoms with Crippen molar-refractivity contribution in [1.82, 2.24) is 10.1 Å². The second kappa shape index (κ2) is 5.59. The van der Waals surface area contributed by atoms with Gasteiger partial charge in [0.1, 0.15) is 0 Å². The minimum Gasteiger partial charge on any atom is -0.334 e. The average molecular weight is 326 g/mol. The molecule has 0 bridgehead atoms. The molecule has 2 N–H and O–H groups in total. The predicted molar refractivity (Wildman–Crippen MR) is 83.3 cm³/mol. The lowest BCUT2D eigenvalue weighted by molar-refractivity contribution is 0.230. The number of nitrogens with zero attached hydrogens (tertiary/aromatic N) is 2. The third-order valence-electron chi connectivity index (χ3n) is 4.15. The van der Waals surface area contributed by atoms with Gasteiger partial charge in [0, 0.05) is 15.6 Å². The van der Waals surface area contributed by atoms with E-state index in [2.05, 4.69) is 17.1 Å². The summed E-state index contributed by atoms with van der Waals surface area (Å²) in [6.45, 7) is 2.25. The van der Waals surface area contributed by atoms with E-state index in [9.17, 15) is 0 Å². The van der Waals surface area contributed by atoms with E-state index in [4.69, 9.17) is 33.5 Å². The first kappa shape index (κ1) is 14.8. The molecule has 0 amide bonds. The van der Waals surface area contributed by atoms with Crippen LogP contribution in [0.15, 0.2) is 22.7 Å². The molecule has 0 saturated heterocycles. The number of nitrogens with two attached hydrogens (primary N) is 1. The normalized spacial score (nSPS) is 26.0. The van der Waals surface area contributed by atoms with Gasteiger partial charge in [-0.25, -0.2) is 0 Å². The summed E-state index contributed by atoms with van der Waals surface area (Å²) in [6.07, 6.45) is 3.93. The standard InChI is InChI=1S/C15H17Cl2N3O/c1-9-2-4-15(18,5-3-9)14-19-13(21-20-14)10-6-11(16)8-12(17)7-10/h6-9H,2-5,18H2,1H3. The van der Waals surface area contributed by atoms with Crippen LogP contribution in [0.1, 0.15) is 38.4 Å². The smallest absolute Gasteiger partial charge is 0.258 e. The van der Waals surface area contributed by atoms with E-state index in [1.165, 1.54) is 0 Å². The van der Waals surface area contributed by atoms with Crippen molar-refractivity contribution in [3.63, 3.8) is 0 Å². The summed E-state index contributed by atoms with van der Waals surface area (Å²) in [5.41, 5.74) is 6.67. The highest BCUT2D eigenvalue weighted by atomic mass is 35.5. The largest absolute Gasteiger partial charge is 0.334 e. The first-order valence-corrected chi connectivity index (χ1v) is 7.81. The maximum atomic E-state index is 6.46. The Morgan fingerprint density at radius 1 is 1.19 bits per heavy atom. The highest BCUT2D eigenvalue weighted by Crippen LogP contribution is 2.37. The number of halogens is 2. The second-order valence-corrected chi connectivity index (χ2v) is 6.79. The van der Waals surface area contributed by atoms with E-state index in [1.807, 2.05) is 0 Å². The summed E-state index contributed by atoms with van der Waals surface area (Å²) in [5.74, 6) is 1.68. The van der Waals surface area contributed by atoms with Gasteiger partial charge in [0.25, 0.3) is 5.89 Å². The van der Waals surface area contributed by atoms with Gasteiger partial charge in [-0.2, -0.15) is 4.98 Å². The van der Waals surface area contributed by atoms with Crippen LogP contribution in [-0.4, -0.2) is 10.1 Å². The van der Waals surface area contributed by atoms with Gasteiger partial charge >= 0.3 is 0 Å². The molecule has 1 fully saturated rings. The Labute approximate surface area is 133 Å². The Morgan fingerprint density at radius 2 is 1.81 bits per heavy atom. The molecule has 1 aliphatic carbocycles. The van der Waals surface area contributed by atoms with Crippen molar-refractivity contribution in [2.45, 2.75) is 38.1 Å². The van der Waals surface area contributed by atoms with Crippen LogP contribution in [0.3, 0.4) is 0 Å². The molecule has 112 valence electrons. The summed E-state index contributed by atoms with van der Waals surface area (Å²) in [7, 11) is 0. The van der Waals surface area contributed by atoms with E-state index >= 15 is 0 Å². The van der Waals surface area contributed by atoms with Gasteiger partial charge in [0.05, 0.1) is 5.54 Å². The highest BCUT2D eigenvalue weighted by Gasteiger charge is 2.36. The van der Waals surface area contributed by atoms with Gasteiger partial charge in [-0.15, -0.1) is 0 Å². The quantitative estimate of drug-likeness (QED) is 0.888. The number of benzene rings is 1. The third-order valence-corrected chi connectivity index (χ3v) is 4.58. The van der Waals surface area contributed by atoms with Crippen LogP contribution < -0.4 is 5.73 Å². The molecular weight excluding hydrogens is 309 g/mol. The molecule has 6 heteroatoms. The second-order valence-electron chi connectivity index (χ2n) is 5.92. The molecule has 0 spiro atoms. The van der Waals surface area contributed by atoms with Crippen LogP contribution in [0, 0.1) is 5.92 Å². The molecule has 0 aliphatic heterocycles. The Hall–Kier alpha value is -1.10. The first-order valence-electron chi connectivity index (χ1n) is 7.06. The van der Waals surface area contributed by atoms with Gasteiger partial charge < -0.3 is 10.3 Å². The van der Waals surface area contributed by atoms with Crippen molar-refractivity contribution in [3.05, 3.63) is 34.1 Å². The van der Waals surface area contributed by atoms with Crippen LogP contribution in [0.4, 0.5) is 0 Å². The molecule has 1 heterocycles. The van der Waals surface area contributed by atoms with Crippen LogP contribution >= 0.6 is 23.2 Å². The zero-order chi connectivity index (χ0) is 15.0. The van der Waals surface area contributed by atoms with Gasteiger partial charge in [-0.05, 0) is 49.8 Å². The number of aromatic nitrogens is 2. The van der Waals surface area contributed by atoms with Gasteiger partial charge in [-0.1, -0.05) is 35.3 Å². The van der Waals surface area contributed by atoms with Gasteiger partial charge in [-0.3, -0.25) is 0 Å². The van der Waals surface area contributed by atoms with E-state index in [0.29, 0.717) is 33.2 Å². The number of hydrogen-bond donors (Lipinski definition) is 1. The molecular formula is C15H17Cl2N3O. The zero-order valence-corrected chi connectivity index (χ0v) is 13.3. The zero-order valence-electron chi connectivity index (χ0n) is 11.8. The van der Waals surface area contributed by atoms with Crippen LogP contribution in [-0.2, 0) is 5.54 Å². The Kier molecular flexibility index (Phi) is 3.95. The van der Waals surface area contributed by atoms with E-state index in [0.717, 1.165) is 25.7 Å². The monoisotopic (exact) mass is 325 g/mol. The van der Waals surface area contributed by atoms with E-state index in [1.54, 1.807) is 18.2 Å². The highest BCUT2D eigenvalue weighted by molar-refractivity contribution is 6.35. The van der Waals surface area contributed by atoms with Crippen LogP contribution in [0.2, 0.25) is 10.0 Å². The summed E-state index contributed by atoms with van der Waals surface area (Å²) in [4.78, 5) is 4.46. The van der Waals surface area contributed by atoms with Gasteiger partial charge in [0.15, 0.2) is 5.82 Å². The Morgan fingerprint density at radius 3 is 2.43 bits per heavy atom. The lowest BCUT2D eigenvalue weighted by Crippen LogP contribution is -2.41. The molecule has 0 atom stereocenters. The fourth-order valence-corrected chi connectivity index (χ4v) is 3.25. The molecule has 1 aromatic heterocycles. The maximum absolute atomic E-state index is 6.46. The maximum Gasteiger partial charge on any atom is 0.258 e. The molecule has 0 unspecified atom stereocenters. The Bertz CT molecular complexity index is 628. The van der Waals surface area contributed by atoms with E-state index < -0.39 is 5.54 Å². The average Bonchev–Trinajstić information content (AvgIpc) is 2.92.